The van der Waals surface area contributed by atoms with Gasteiger partial charge in [0.1, 0.15) is 5.56 Å². The maximum Gasteiger partial charge on any atom is 0.339 e. The Kier molecular flexibility index (Phi) is 3.71. The molecule has 0 saturated heterocycles. The summed E-state index contributed by atoms with van der Waals surface area (Å²) in [5, 5.41) is 26.8. The molecule has 0 aliphatic carbocycles. The lowest BCUT2D eigenvalue weighted by Crippen LogP contribution is -1.99. The fourth-order valence-electron chi connectivity index (χ4n) is 1.21. The van der Waals surface area contributed by atoms with Crippen LogP contribution in [-0.2, 0) is 4.79 Å². The monoisotopic (exact) mass is 238 g/mol. The molecule has 6 nitrogen and oxygen atoms in total. The first-order valence-corrected chi connectivity index (χ1v) is 4.51. The minimum atomic E-state index is -1.33. The lowest BCUT2D eigenvalue weighted by atomic mass is 10.1. The van der Waals surface area contributed by atoms with Crippen molar-refractivity contribution in [1.29, 1.82) is 0 Å². The van der Waals surface area contributed by atoms with Crippen LogP contribution in [-0.4, -0.2) is 34.4 Å². The summed E-state index contributed by atoms with van der Waals surface area (Å²) in [4.78, 5) is 21.2. The van der Waals surface area contributed by atoms with Crippen molar-refractivity contribution in [3.8, 4) is 11.5 Å². The molecule has 0 spiro atoms. The molecule has 6 heteroatoms. The number of phenols is 1. The maximum atomic E-state index is 10.8. The van der Waals surface area contributed by atoms with E-state index in [1.54, 1.807) is 0 Å². The Morgan fingerprint density at radius 2 is 1.94 bits per heavy atom. The van der Waals surface area contributed by atoms with Crippen molar-refractivity contribution in [3.05, 3.63) is 29.3 Å². The highest BCUT2D eigenvalue weighted by molar-refractivity contribution is 5.93. The predicted octanol–water partition coefficient (Wildman–Crippen LogP) is 1.20. The molecule has 0 saturated carbocycles. The second kappa shape index (κ2) is 5.02. The van der Waals surface area contributed by atoms with Gasteiger partial charge in [-0.1, -0.05) is 0 Å². The number of aliphatic carboxylic acids is 1. The van der Waals surface area contributed by atoms with E-state index in [0.717, 1.165) is 12.1 Å². The van der Waals surface area contributed by atoms with Crippen molar-refractivity contribution in [2.24, 2.45) is 0 Å². The number of aromatic hydroxyl groups is 1. The quantitative estimate of drug-likeness (QED) is 0.681. The van der Waals surface area contributed by atoms with E-state index in [4.69, 9.17) is 14.9 Å². The molecule has 0 aromatic heterocycles. The fourth-order valence-corrected chi connectivity index (χ4v) is 1.21. The zero-order chi connectivity index (χ0) is 13.0. The average molecular weight is 238 g/mol. The van der Waals surface area contributed by atoms with Crippen LogP contribution in [0.15, 0.2) is 18.2 Å². The Labute approximate surface area is 96.4 Å². The Hall–Kier alpha value is -2.50. The molecule has 0 fully saturated rings. The van der Waals surface area contributed by atoms with Crippen LogP contribution in [0.5, 0.6) is 11.5 Å². The fraction of sp³-hybridized carbons (Fsp3) is 0.0909. The molecule has 0 unspecified atom stereocenters. The highest BCUT2D eigenvalue weighted by Gasteiger charge is 2.15. The molecular weight excluding hydrogens is 228 g/mol. The number of benzene rings is 1. The summed E-state index contributed by atoms with van der Waals surface area (Å²) in [6, 6.07) is 2.49. The number of carboxylic acid groups (broad SMARTS) is 2. The summed E-state index contributed by atoms with van der Waals surface area (Å²) in [7, 11) is 1.27. The first kappa shape index (κ1) is 12.6. The Morgan fingerprint density at radius 1 is 1.29 bits per heavy atom. The standard InChI is InChI=1S/C11H10O6/c1-17-8-5-6(2-3-9(12)13)4-7(10(8)14)11(15)16/h2-5,14H,1H3,(H,12,13)(H,15,16). The molecule has 17 heavy (non-hydrogen) atoms. The minimum Gasteiger partial charge on any atom is -0.504 e. The third kappa shape index (κ3) is 2.97. The average Bonchev–Trinajstić information content (AvgIpc) is 2.27. The summed E-state index contributed by atoms with van der Waals surface area (Å²) < 4.78 is 4.79. The molecule has 1 aromatic carbocycles. The van der Waals surface area contributed by atoms with Gasteiger partial charge in [0.15, 0.2) is 11.5 Å². The number of methoxy groups -OCH3 is 1. The zero-order valence-corrected chi connectivity index (χ0v) is 8.88. The van der Waals surface area contributed by atoms with Crippen molar-refractivity contribution in [2.75, 3.05) is 7.11 Å². The third-order valence-electron chi connectivity index (χ3n) is 1.97. The van der Waals surface area contributed by atoms with Gasteiger partial charge >= 0.3 is 11.9 Å². The zero-order valence-electron chi connectivity index (χ0n) is 8.88. The number of ether oxygens (including phenoxy) is 1. The molecule has 90 valence electrons. The van der Waals surface area contributed by atoms with E-state index >= 15 is 0 Å². The summed E-state index contributed by atoms with van der Waals surface area (Å²) in [6.07, 6.45) is 2.06. The van der Waals surface area contributed by atoms with E-state index in [2.05, 4.69) is 0 Å². The van der Waals surface area contributed by atoms with Crippen LogP contribution in [0.3, 0.4) is 0 Å². The highest BCUT2D eigenvalue weighted by atomic mass is 16.5. The molecule has 0 aliphatic heterocycles. The summed E-state index contributed by atoms with van der Waals surface area (Å²) in [6.45, 7) is 0. The van der Waals surface area contributed by atoms with Crippen LogP contribution in [0.4, 0.5) is 0 Å². The molecule has 0 atom stereocenters. The van der Waals surface area contributed by atoms with Gasteiger partial charge < -0.3 is 20.1 Å². The minimum absolute atomic E-state index is 0.0325. The summed E-state index contributed by atoms with van der Waals surface area (Å²) >= 11 is 0. The summed E-state index contributed by atoms with van der Waals surface area (Å²) in [5.74, 6) is -3.01. The van der Waals surface area contributed by atoms with Gasteiger partial charge in [0.25, 0.3) is 0 Å². The number of carboxylic acids is 2. The number of hydrogen-bond donors (Lipinski definition) is 3. The van der Waals surface area contributed by atoms with Gasteiger partial charge in [-0.3, -0.25) is 0 Å². The Morgan fingerprint density at radius 3 is 2.41 bits per heavy atom. The lowest BCUT2D eigenvalue weighted by molar-refractivity contribution is -0.131. The molecule has 0 aliphatic rings. The first-order valence-electron chi connectivity index (χ1n) is 4.51. The van der Waals surface area contributed by atoms with Crippen LogP contribution in [0.1, 0.15) is 15.9 Å². The van der Waals surface area contributed by atoms with E-state index in [9.17, 15) is 14.7 Å². The van der Waals surface area contributed by atoms with Crippen LogP contribution >= 0.6 is 0 Å². The van der Waals surface area contributed by atoms with Crippen LogP contribution in [0.25, 0.3) is 6.08 Å². The predicted molar refractivity (Wildman–Crippen MR) is 58.3 cm³/mol. The topological polar surface area (TPSA) is 104 Å². The number of rotatable bonds is 4. The van der Waals surface area contributed by atoms with Gasteiger partial charge in [0.2, 0.25) is 0 Å². The molecular formula is C11H10O6. The molecule has 1 rings (SSSR count). The second-order valence-corrected chi connectivity index (χ2v) is 3.10. The van der Waals surface area contributed by atoms with Crippen LogP contribution in [0, 0.1) is 0 Å². The van der Waals surface area contributed by atoms with Crippen molar-refractivity contribution < 1.29 is 29.6 Å². The summed E-state index contributed by atoms with van der Waals surface area (Å²) in [5.41, 5.74) is -0.0474. The van der Waals surface area contributed by atoms with Crippen molar-refractivity contribution in [1.82, 2.24) is 0 Å². The SMILES string of the molecule is COc1cc(C=CC(=O)O)cc(C(=O)O)c1O. The first-order chi connectivity index (χ1) is 7.95. The smallest absolute Gasteiger partial charge is 0.339 e. The number of carbonyl (C=O) groups is 2. The number of hydrogen-bond acceptors (Lipinski definition) is 4. The van der Waals surface area contributed by atoms with Gasteiger partial charge in [0, 0.05) is 6.08 Å². The largest absolute Gasteiger partial charge is 0.504 e. The third-order valence-corrected chi connectivity index (χ3v) is 1.97. The van der Waals surface area contributed by atoms with E-state index in [1.807, 2.05) is 0 Å². The van der Waals surface area contributed by atoms with Gasteiger partial charge in [-0.15, -0.1) is 0 Å². The van der Waals surface area contributed by atoms with E-state index in [1.165, 1.54) is 19.3 Å². The second-order valence-electron chi connectivity index (χ2n) is 3.10. The van der Waals surface area contributed by atoms with Gasteiger partial charge in [-0.2, -0.15) is 0 Å². The van der Waals surface area contributed by atoms with Crippen molar-refractivity contribution in [3.63, 3.8) is 0 Å². The van der Waals surface area contributed by atoms with Crippen molar-refractivity contribution >= 4 is 18.0 Å². The maximum absolute atomic E-state index is 10.8. The number of aromatic carboxylic acids is 1. The molecule has 1 aromatic rings. The Bertz CT molecular complexity index is 489. The normalized spacial score (nSPS) is 10.4. The highest BCUT2D eigenvalue weighted by Crippen LogP contribution is 2.31. The lowest BCUT2D eigenvalue weighted by Gasteiger charge is -2.07. The van der Waals surface area contributed by atoms with Crippen LogP contribution < -0.4 is 4.74 Å². The van der Waals surface area contributed by atoms with Gasteiger partial charge in [-0.25, -0.2) is 9.59 Å². The molecule has 0 amide bonds. The van der Waals surface area contributed by atoms with E-state index < -0.39 is 17.7 Å². The molecule has 3 N–H and O–H groups in total. The Balaban J connectivity index is 3.30. The van der Waals surface area contributed by atoms with Gasteiger partial charge in [-0.05, 0) is 23.8 Å². The molecule has 0 bridgehead atoms. The van der Waals surface area contributed by atoms with E-state index in [0.29, 0.717) is 5.56 Å². The van der Waals surface area contributed by atoms with E-state index in [-0.39, 0.29) is 11.3 Å². The van der Waals surface area contributed by atoms with Gasteiger partial charge in [0.05, 0.1) is 7.11 Å². The van der Waals surface area contributed by atoms with Crippen LogP contribution in [0.2, 0.25) is 0 Å². The van der Waals surface area contributed by atoms with Crippen molar-refractivity contribution in [2.45, 2.75) is 0 Å². The molecule has 0 radical (unpaired) electrons. The molecule has 0 heterocycles.